The van der Waals surface area contributed by atoms with Gasteiger partial charge in [-0.1, -0.05) is 29.8 Å². The van der Waals surface area contributed by atoms with Gasteiger partial charge >= 0.3 is 0 Å². The van der Waals surface area contributed by atoms with Crippen molar-refractivity contribution in [1.29, 1.82) is 0 Å². The molecule has 0 saturated heterocycles. The van der Waals surface area contributed by atoms with E-state index in [1.54, 1.807) is 12.4 Å². The molecule has 100 valence electrons. The lowest BCUT2D eigenvalue weighted by atomic mass is 10.2. The third-order valence-electron chi connectivity index (χ3n) is 2.97. The molecule has 0 radical (unpaired) electrons. The van der Waals surface area contributed by atoms with Crippen molar-refractivity contribution in [3.8, 4) is 0 Å². The number of aromatic nitrogens is 2. The summed E-state index contributed by atoms with van der Waals surface area (Å²) in [5.41, 5.74) is 3.70. The van der Waals surface area contributed by atoms with Gasteiger partial charge in [-0.25, -0.2) is 0 Å². The minimum absolute atomic E-state index is 0.649. The predicted octanol–water partition coefficient (Wildman–Crippen LogP) is 4.66. The fraction of sp³-hybridized carbons (Fsp3) is 0.0667. The number of pyridine rings is 2. The number of benzene rings is 1. The Hall–Kier alpha value is -1.65. The van der Waals surface area contributed by atoms with Crippen molar-refractivity contribution in [3.63, 3.8) is 0 Å². The molecule has 2 aromatic heterocycles. The van der Waals surface area contributed by atoms with Crippen LogP contribution in [0.4, 0.5) is 5.69 Å². The van der Waals surface area contributed by atoms with Crippen LogP contribution in [0.5, 0.6) is 0 Å². The summed E-state index contributed by atoms with van der Waals surface area (Å²) in [6.07, 6.45) is 3.54. The molecule has 0 unspecified atom stereocenters. The maximum Gasteiger partial charge on any atom is 0.112 e. The molecule has 0 fully saturated rings. The van der Waals surface area contributed by atoms with Crippen LogP contribution in [-0.2, 0) is 6.54 Å². The maximum atomic E-state index is 6.16. The number of halogens is 2. The summed E-state index contributed by atoms with van der Waals surface area (Å²) >= 11 is 9.56. The summed E-state index contributed by atoms with van der Waals surface area (Å²) in [5, 5.41) is 4.12. The highest BCUT2D eigenvalue weighted by Gasteiger charge is 2.05. The number of hydrogen-bond donors (Lipinski definition) is 1. The topological polar surface area (TPSA) is 37.8 Å². The van der Waals surface area contributed by atoms with Crippen molar-refractivity contribution in [2.45, 2.75) is 6.54 Å². The van der Waals surface area contributed by atoms with Crippen LogP contribution in [0.25, 0.3) is 11.0 Å². The molecule has 20 heavy (non-hydrogen) atoms. The van der Waals surface area contributed by atoms with E-state index in [2.05, 4.69) is 31.2 Å². The van der Waals surface area contributed by atoms with Crippen molar-refractivity contribution in [2.24, 2.45) is 0 Å². The molecule has 0 aliphatic heterocycles. The lowest BCUT2D eigenvalue weighted by molar-refractivity contribution is 1.15. The molecule has 5 heteroatoms. The molecule has 0 aliphatic carbocycles. The van der Waals surface area contributed by atoms with Gasteiger partial charge in [-0.2, -0.15) is 0 Å². The number of hydrogen-bond acceptors (Lipinski definition) is 3. The number of rotatable bonds is 3. The van der Waals surface area contributed by atoms with E-state index < -0.39 is 0 Å². The van der Waals surface area contributed by atoms with Crippen molar-refractivity contribution in [2.75, 3.05) is 5.32 Å². The Morgan fingerprint density at radius 3 is 2.85 bits per heavy atom. The van der Waals surface area contributed by atoms with Crippen molar-refractivity contribution < 1.29 is 0 Å². The number of fused-ring (bicyclic) bond motifs is 1. The molecule has 0 spiro atoms. The van der Waals surface area contributed by atoms with E-state index in [4.69, 9.17) is 11.6 Å². The highest BCUT2D eigenvalue weighted by molar-refractivity contribution is 9.10. The third-order valence-corrected chi connectivity index (χ3v) is 3.77. The second kappa shape index (κ2) is 5.77. The average molecular weight is 349 g/mol. The van der Waals surface area contributed by atoms with Crippen molar-refractivity contribution >= 4 is 44.3 Å². The molecule has 3 aromatic rings. The maximum absolute atomic E-state index is 6.16. The smallest absolute Gasteiger partial charge is 0.112 e. The Kier molecular flexibility index (Phi) is 3.85. The SMILES string of the molecule is Clc1ccccc1CNc1ccnc2cc(Br)cnc12. The van der Waals surface area contributed by atoms with E-state index in [1.807, 2.05) is 36.4 Å². The van der Waals surface area contributed by atoms with Gasteiger partial charge in [0.25, 0.3) is 0 Å². The van der Waals surface area contributed by atoms with Gasteiger partial charge < -0.3 is 5.32 Å². The molecule has 1 N–H and O–H groups in total. The van der Waals surface area contributed by atoms with Crippen LogP contribution in [0.2, 0.25) is 5.02 Å². The first kappa shape index (κ1) is 13.3. The molecule has 0 bridgehead atoms. The summed E-state index contributed by atoms with van der Waals surface area (Å²) in [6, 6.07) is 11.7. The molecule has 0 amide bonds. The van der Waals surface area contributed by atoms with Gasteiger partial charge in [0.2, 0.25) is 0 Å². The van der Waals surface area contributed by atoms with Crippen LogP contribution in [-0.4, -0.2) is 9.97 Å². The second-order valence-electron chi connectivity index (χ2n) is 4.32. The standard InChI is InChI=1S/C15H11BrClN3/c16-11-7-14-15(20-9-11)13(5-6-18-14)19-8-10-3-1-2-4-12(10)17/h1-7,9H,8H2,(H,18,19). The summed E-state index contributed by atoms with van der Waals surface area (Å²) in [7, 11) is 0. The molecule has 0 saturated carbocycles. The molecule has 1 aromatic carbocycles. The second-order valence-corrected chi connectivity index (χ2v) is 5.65. The number of nitrogens with zero attached hydrogens (tertiary/aromatic N) is 2. The van der Waals surface area contributed by atoms with Crippen molar-refractivity contribution in [3.05, 3.63) is 63.9 Å². The zero-order valence-corrected chi connectivity index (χ0v) is 12.8. The van der Waals surface area contributed by atoms with Crippen LogP contribution in [0.15, 0.2) is 53.3 Å². The molecule has 0 aliphatic rings. The fourth-order valence-electron chi connectivity index (χ4n) is 1.98. The highest BCUT2D eigenvalue weighted by Crippen LogP contribution is 2.23. The molecule has 0 atom stereocenters. The molecule has 2 heterocycles. The molecular weight excluding hydrogens is 338 g/mol. The minimum Gasteiger partial charge on any atom is -0.379 e. The van der Waals surface area contributed by atoms with E-state index >= 15 is 0 Å². The zero-order chi connectivity index (χ0) is 13.9. The largest absolute Gasteiger partial charge is 0.379 e. The van der Waals surface area contributed by atoms with Gasteiger partial charge in [-0.05, 0) is 39.7 Å². The zero-order valence-electron chi connectivity index (χ0n) is 10.5. The van der Waals surface area contributed by atoms with Gasteiger partial charge in [0, 0.05) is 28.4 Å². The van der Waals surface area contributed by atoms with Gasteiger partial charge in [-0.15, -0.1) is 0 Å². The Morgan fingerprint density at radius 1 is 1.15 bits per heavy atom. The average Bonchev–Trinajstić information content (AvgIpc) is 2.46. The Balaban J connectivity index is 1.90. The van der Waals surface area contributed by atoms with Gasteiger partial charge in [0.05, 0.1) is 11.2 Å². The number of anilines is 1. The molecular formula is C15H11BrClN3. The quantitative estimate of drug-likeness (QED) is 0.748. The molecule has 3 nitrogen and oxygen atoms in total. The van der Waals surface area contributed by atoms with E-state index in [0.717, 1.165) is 31.8 Å². The first-order valence-electron chi connectivity index (χ1n) is 6.11. The van der Waals surface area contributed by atoms with Gasteiger partial charge in [-0.3, -0.25) is 9.97 Å². The molecule has 3 rings (SSSR count). The lowest BCUT2D eigenvalue weighted by Crippen LogP contribution is -2.01. The van der Waals surface area contributed by atoms with Crippen LogP contribution in [0.1, 0.15) is 5.56 Å². The first-order chi connectivity index (χ1) is 9.74. The number of nitrogens with one attached hydrogen (secondary N) is 1. The van der Waals surface area contributed by atoms with E-state index in [1.165, 1.54) is 0 Å². The van der Waals surface area contributed by atoms with Gasteiger partial charge in [0.1, 0.15) is 5.52 Å². The van der Waals surface area contributed by atoms with Crippen LogP contribution in [0, 0.1) is 0 Å². The summed E-state index contributed by atoms with van der Waals surface area (Å²) in [6.45, 7) is 0.649. The Bertz CT molecular complexity index is 761. The van der Waals surface area contributed by atoms with Crippen LogP contribution >= 0.6 is 27.5 Å². The van der Waals surface area contributed by atoms with Crippen LogP contribution in [0.3, 0.4) is 0 Å². The first-order valence-corrected chi connectivity index (χ1v) is 7.29. The summed E-state index contributed by atoms with van der Waals surface area (Å²) in [4.78, 5) is 8.73. The van der Waals surface area contributed by atoms with E-state index in [-0.39, 0.29) is 0 Å². The van der Waals surface area contributed by atoms with Crippen molar-refractivity contribution in [1.82, 2.24) is 9.97 Å². The summed E-state index contributed by atoms with van der Waals surface area (Å²) in [5.74, 6) is 0. The monoisotopic (exact) mass is 347 g/mol. The van der Waals surface area contributed by atoms with E-state index in [9.17, 15) is 0 Å². The fourth-order valence-corrected chi connectivity index (χ4v) is 2.50. The minimum atomic E-state index is 0.649. The third kappa shape index (κ3) is 2.76. The van der Waals surface area contributed by atoms with Gasteiger partial charge in [0.15, 0.2) is 0 Å². The highest BCUT2D eigenvalue weighted by atomic mass is 79.9. The van der Waals surface area contributed by atoms with Crippen LogP contribution < -0.4 is 5.32 Å². The predicted molar refractivity (Wildman–Crippen MR) is 86.0 cm³/mol. The lowest BCUT2D eigenvalue weighted by Gasteiger charge is -2.10. The Labute approximate surface area is 130 Å². The Morgan fingerprint density at radius 2 is 2.00 bits per heavy atom. The summed E-state index contributed by atoms with van der Waals surface area (Å²) < 4.78 is 0.917. The normalized spacial score (nSPS) is 10.7. The van der Waals surface area contributed by atoms with E-state index in [0.29, 0.717) is 6.54 Å².